The molecule has 0 radical (unpaired) electrons. The van der Waals surface area contributed by atoms with E-state index in [4.69, 9.17) is 11.6 Å². The number of aromatic nitrogens is 1. The number of aromatic amines is 1. The van der Waals surface area contributed by atoms with Gasteiger partial charge in [0, 0.05) is 39.7 Å². The van der Waals surface area contributed by atoms with Crippen LogP contribution in [0.3, 0.4) is 0 Å². The lowest BCUT2D eigenvalue weighted by atomic mass is 10.0. The quantitative estimate of drug-likeness (QED) is 0.363. The zero-order valence-electron chi connectivity index (χ0n) is 18.3. The highest BCUT2D eigenvalue weighted by Gasteiger charge is 2.23. The summed E-state index contributed by atoms with van der Waals surface area (Å²) in [5.74, 6) is 0.222. The monoisotopic (exact) mass is 490 g/mol. The number of hydrogen-bond acceptors (Lipinski definition) is 4. The van der Waals surface area contributed by atoms with E-state index < -0.39 is 6.04 Å². The molecule has 34 heavy (non-hydrogen) atoms. The lowest BCUT2D eigenvalue weighted by molar-refractivity contribution is -0.112. The summed E-state index contributed by atoms with van der Waals surface area (Å²) < 4.78 is 0. The van der Waals surface area contributed by atoms with Crippen molar-refractivity contribution in [2.45, 2.75) is 18.9 Å². The minimum atomic E-state index is -0.797. The first-order valence-corrected chi connectivity index (χ1v) is 12.2. The standard InChI is InChI=1S/C27H23ClN2O3S/c28-21-12-10-19(11-13-21)26(32)30-24(27(33)34-15-14-18-6-2-1-3-7-18)16-20-17-25(31)29-23-9-5-4-8-22(20)23/h1-13,17,24H,14-16H2,(H,29,31)(H,30,32). The van der Waals surface area contributed by atoms with Crippen LogP contribution in [-0.2, 0) is 17.6 Å². The second-order valence-electron chi connectivity index (χ2n) is 7.84. The number of carbonyl (C=O) groups excluding carboxylic acids is 2. The SMILES string of the molecule is O=C(NC(Cc1cc(=O)[nH]c2ccccc12)C(=O)SCCc1ccccc1)c1ccc(Cl)cc1. The van der Waals surface area contributed by atoms with Crippen molar-refractivity contribution in [3.63, 3.8) is 0 Å². The molecule has 1 aromatic heterocycles. The smallest absolute Gasteiger partial charge is 0.251 e. The second-order valence-corrected chi connectivity index (χ2v) is 9.38. The Morgan fingerprint density at radius 3 is 2.41 bits per heavy atom. The fourth-order valence-electron chi connectivity index (χ4n) is 3.72. The third-order valence-corrected chi connectivity index (χ3v) is 6.66. The highest BCUT2D eigenvalue weighted by Crippen LogP contribution is 2.20. The van der Waals surface area contributed by atoms with Gasteiger partial charge in [0.25, 0.3) is 5.91 Å². The highest BCUT2D eigenvalue weighted by molar-refractivity contribution is 8.13. The number of para-hydroxylation sites is 1. The van der Waals surface area contributed by atoms with Crippen molar-refractivity contribution in [1.82, 2.24) is 10.3 Å². The number of halogens is 1. The van der Waals surface area contributed by atoms with Crippen molar-refractivity contribution < 1.29 is 9.59 Å². The largest absolute Gasteiger partial charge is 0.341 e. The molecule has 1 heterocycles. The lowest BCUT2D eigenvalue weighted by Gasteiger charge is -2.18. The Kier molecular flexibility index (Phi) is 7.83. The molecule has 4 aromatic rings. The molecule has 2 N–H and O–H groups in total. The van der Waals surface area contributed by atoms with Gasteiger partial charge in [-0.05, 0) is 47.9 Å². The first-order valence-electron chi connectivity index (χ1n) is 10.9. The van der Waals surface area contributed by atoms with Gasteiger partial charge in [-0.25, -0.2) is 0 Å². The van der Waals surface area contributed by atoms with E-state index in [1.54, 1.807) is 24.3 Å². The Balaban J connectivity index is 1.55. The predicted octanol–water partition coefficient (Wildman–Crippen LogP) is 5.03. The van der Waals surface area contributed by atoms with Crippen LogP contribution in [0.1, 0.15) is 21.5 Å². The van der Waals surface area contributed by atoms with Gasteiger partial charge in [0.2, 0.25) is 10.7 Å². The van der Waals surface area contributed by atoms with Crippen LogP contribution in [0, 0.1) is 0 Å². The molecular formula is C27H23ClN2O3S. The minimum absolute atomic E-state index is 0.150. The van der Waals surface area contributed by atoms with Gasteiger partial charge in [-0.2, -0.15) is 0 Å². The molecule has 3 aromatic carbocycles. The van der Waals surface area contributed by atoms with Crippen LogP contribution in [0.2, 0.25) is 5.02 Å². The Bertz CT molecular complexity index is 1350. The van der Waals surface area contributed by atoms with Crippen molar-refractivity contribution in [3.05, 3.63) is 117 Å². The number of benzene rings is 3. The molecule has 4 rings (SSSR count). The van der Waals surface area contributed by atoms with Gasteiger partial charge in [-0.15, -0.1) is 0 Å². The summed E-state index contributed by atoms with van der Waals surface area (Å²) in [7, 11) is 0. The number of H-pyrrole nitrogens is 1. The Hall–Kier alpha value is -3.35. The lowest BCUT2D eigenvalue weighted by Crippen LogP contribution is -2.41. The zero-order valence-corrected chi connectivity index (χ0v) is 19.9. The molecule has 0 saturated carbocycles. The minimum Gasteiger partial charge on any atom is -0.341 e. The molecule has 7 heteroatoms. The van der Waals surface area contributed by atoms with Crippen LogP contribution < -0.4 is 10.9 Å². The summed E-state index contributed by atoms with van der Waals surface area (Å²) in [6.07, 6.45) is 0.948. The van der Waals surface area contributed by atoms with Gasteiger partial charge < -0.3 is 10.3 Å². The van der Waals surface area contributed by atoms with E-state index in [9.17, 15) is 14.4 Å². The molecule has 172 valence electrons. The average molecular weight is 491 g/mol. The fourth-order valence-corrected chi connectivity index (χ4v) is 4.72. The number of amides is 1. The molecule has 1 amide bonds. The summed E-state index contributed by atoms with van der Waals surface area (Å²) in [4.78, 5) is 41.2. The van der Waals surface area contributed by atoms with E-state index in [2.05, 4.69) is 10.3 Å². The van der Waals surface area contributed by atoms with E-state index in [1.165, 1.54) is 17.8 Å². The Labute approximate surface area is 206 Å². The zero-order chi connectivity index (χ0) is 23.9. The maximum atomic E-state index is 13.2. The summed E-state index contributed by atoms with van der Waals surface area (Å²) in [6, 6.07) is 24.5. The van der Waals surface area contributed by atoms with Crippen molar-refractivity contribution in [2.24, 2.45) is 0 Å². The molecule has 5 nitrogen and oxygen atoms in total. The van der Waals surface area contributed by atoms with Crippen molar-refractivity contribution in [1.29, 1.82) is 0 Å². The van der Waals surface area contributed by atoms with Crippen molar-refractivity contribution >= 4 is 45.3 Å². The molecular weight excluding hydrogens is 468 g/mol. The number of rotatable bonds is 8. The van der Waals surface area contributed by atoms with Crippen molar-refractivity contribution in [3.8, 4) is 0 Å². The van der Waals surface area contributed by atoms with Gasteiger partial charge in [-0.1, -0.05) is 71.9 Å². The fraction of sp³-hybridized carbons (Fsp3) is 0.148. The van der Waals surface area contributed by atoms with Gasteiger partial charge in [0.05, 0.1) is 0 Å². The van der Waals surface area contributed by atoms with Crippen LogP contribution in [0.15, 0.2) is 89.7 Å². The van der Waals surface area contributed by atoms with Gasteiger partial charge >= 0.3 is 0 Å². The third-order valence-electron chi connectivity index (χ3n) is 5.43. The van der Waals surface area contributed by atoms with Crippen LogP contribution in [-0.4, -0.2) is 27.8 Å². The topological polar surface area (TPSA) is 79.0 Å². The maximum Gasteiger partial charge on any atom is 0.251 e. The second kappa shape index (κ2) is 11.2. The van der Waals surface area contributed by atoms with Crippen LogP contribution in [0.4, 0.5) is 0 Å². The number of thioether (sulfide) groups is 1. The molecule has 0 saturated heterocycles. The van der Waals surface area contributed by atoms with Crippen LogP contribution in [0.5, 0.6) is 0 Å². The van der Waals surface area contributed by atoms with Crippen LogP contribution >= 0.6 is 23.4 Å². The van der Waals surface area contributed by atoms with E-state index in [-0.39, 0.29) is 23.0 Å². The molecule has 0 spiro atoms. The number of pyridine rings is 1. The number of fused-ring (bicyclic) bond motifs is 1. The molecule has 1 unspecified atom stereocenters. The van der Waals surface area contributed by atoms with E-state index in [0.717, 1.165) is 17.4 Å². The highest BCUT2D eigenvalue weighted by atomic mass is 35.5. The van der Waals surface area contributed by atoms with Gasteiger partial charge in [0.15, 0.2) is 0 Å². The molecule has 1 atom stereocenters. The number of aryl methyl sites for hydroxylation is 1. The third kappa shape index (κ3) is 6.16. The van der Waals surface area contributed by atoms with E-state index in [1.807, 2.05) is 54.6 Å². The maximum absolute atomic E-state index is 13.2. The first kappa shape index (κ1) is 23.8. The van der Waals surface area contributed by atoms with Gasteiger partial charge in [0.1, 0.15) is 6.04 Å². The Morgan fingerprint density at radius 1 is 0.941 bits per heavy atom. The van der Waals surface area contributed by atoms with Gasteiger partial charge in [-0.3, -0.25) is 14.4 Å². The predicted molar refractivity (Wildman–Crippen MR) is 139 cm³/mol. The summed E-state index contributed by atoms with van der Waals surface area (Å²) in [6.45, 7) is 0. The molecule has 0 fully saturated rings. The molecule has 0 bridgehead atoms. The number of nitrogens with one attached hydrogen (secondary N) is 2. The number of hydrogen-bond donors (Lipinski definition) is 2. The van der Waals surface area contributed by atoms with Crippen LogP contribution in [0.25, 0.3) is 10.9 Å². The summed E-state index contributed by atoms with van der Waals surface area (Å²) in [5, 5.41) is 4.09. The first-order chi connectivity index (χ1) is 16.5. The molecule has 0 aliphatic rings. The number of carbonyl (C=O) groups is 2. The van der Waals surface area contributed by atoms with E-state index >= 15 is 0 Å². The normalized spacial score (nSPS) is 11.8. The van der Waals surface area contributed by atoms with Crippen molar-refractivity contribution in [2.75, 3.05) is 5.75 Å². The molecule has 0 aliphatic heterocycles. The summed E-state index contributed by atoms with van der Waals surface area (Å²) in [5.41, 5.74) is 2.70. The Morgan fingerprint density at radius 2 is 1.65 bits per heavy atom. The van der Waals surface area contributed by atoms with E-state index in [0.29, 0.717) is 27.4 Å². The average Bonchev–Trinajstić information content (AvgIpc) is 2.84. The molecule has 0 aliphatic carbocycles. The summed E-state index contributed by atoms with van der Waals surface area (Å²) >= 11 is 7.12.